The van der Waals surface area contributed by atoms with Gasteiger partial charge >= 0.3 is 18.0 Å². The van der Waals surface area contributed by atoms with Crippen LogP contribution in [0.5, 0.6) is 0 Å². The first-order valence-electron chi connectivity index (χ1n) is 12.3. The topological polar surface area (TPSA) is 167 Å². The Balaban J connectivity index is 1.68. The molecule has 11 nitrogen and oxygen atoms in total. The number of carbonyl (C=O) groups excluding carboxylic acids is 2. The first-order chi connectivity index (χ1) is 18.8. The average molecular weight is 553 g/mol. The van der Waals surface area contributed by atoms with Crippen LogP contribution < -0.4 is 31.3 Å². The molecule has 0 saturated carbocycles. The molecule has 12 heteroatoms. The number of hydrogen-bond acceptors (Lipinski definition) is 6. The van der Waals surface area contributed by atoms with E-state index in [2.05, 4.69) is 31.3 Å². The van der Waals surface area contributed by atoms with E-state index >= 15 is 0 Å². The number of urea groups is 2. The Kier molecular flexibility index (Phi) is 10.8. The minimum absolute atomic E-state index is 0.351. The van der Waals surface area contributed by atoms with Crippen LogP contribution in [0.15, 0.2) is 77.7 Å². The van der Waals surface area contributed by atoms with Gasteiger partial charge in [-0.05, 0) is 60.5 Å². The number of nitrogens with one attached hydrogen (secondary N) is 6. The van der Waals surface area contributed by atoms with Gasteiger partial charge in [-0.25, -0.2) is 14.3 Å². The molecule has 0 aromatic heterocycles. The maximum Gasteiger partial charge on any atom is 0.319 e. The molecule has 0 aliphatic rings. The van der Waals surface area contributed by atoms with Crippen molar-refractivity contribution in [3.05, 3.63) is 78.4 Å². The summed E-state index contributed by atoms with van der Waals surface area (Å²) in [5, 5.41) is 23.2. The molecular weight excluding hydrogens is 520 g/mol. The van der Waals surface area contributed by atoms with Crippen molar-refractivity contribution in [2.45, 2.75) is 30.7 Å². The fraction of sp³-hybridized carbons (Fsp3) is 0.222. The van der Waals surface area contributed by atoms with E-state index in [4.69, 9.17) is 0 Å². The number of rotatable bonds is 12. The SMILES string of the molecule is CCCNC(=O)Nc1cccc([S+]([O-])Nc2cccc([C@@H](CC(=O)O)NC(=O)Nc3ccc(NC)cc3)c2)c1. The minimum atomic E-state index is -1.68. The molecule has 0 heterocycles. The normalized spacial score (nSPS) is 12.0. The highest BCUT2D eigenvalue weighted by Crippen LogP contribution is 2.24. The number of benzene rings is 3. The molecule has 0 bridgehead atoms. The highest BCUT2D eigenvalue weighted by molar-refractivity contribution is 7.92. The summed E-state index contributed by atoms with van der Waals surface area (Å²) < 4.78 is 15.9. The molecule has 0 fully saturated rings. The zero-order valence-electron chi connectivity index (χ0n) is 21.6. The molecule has 1 unspecified atom stereocenters. The van der Waals surface area contributed by atoms with Crippen LogP contribution in [0.1, 0.15) is 31.4 Å². The molecule has 3 aromatic carbocycles. The molecule has 3 aromatic rings. The van der Waals surface area contributed by atoms with Crippen molar-refractivity contribution in [3.63, 3.8) is 0 Å². The molecule has 3 rings (SSSR count). The molecule has 206 valence electrons. The molecule has 2 atom stereocenters. The predicted octanol–water partition coefficient (Wildman–Crippen LogP) is 4.73. The molecule has 4 amide bonds. The predicted molar refractivity (Wildman–Crippen MR) is 153 cm³/mol. The lowest BCUT2D eigenvalue weighted by molar-refractivity contribution is -0.137. The van der Waals surface area contributed by atoms with Gasteiger partial charge in [-0.1, -0.05) is 25.1 Å². The molecule has 0 aliphatic carbocycles. The lowest BCUT2D eigenvalue weighted by Gasteiger charge is -2.19. The van der Waals surface area contributed by atoms with Crippen molar-refractivity contribution < 1.29 is 24.0 Å². The number of anilines is 4. The number of carboxylic acids is 1. The summed E-state index contributed by atoms with van der Waals surface area (Å²) in [6.45, 7) is 2.49. The van der Waals surface area contributed by atoms with E-state index in [-0.39, 0.29) is 12.5 Å². The van der Waals surface area contributed by atoms with Crippen LogP contribution in [-0.2, 0) is 16.2 Å². The summed E-state index contributed by atoms with van der Waals surface area (Å²) in [7, 11) is 1.79. The molecule has 0 saturated heterocycles. The molecule has 39 heavy (non-hydrogen) atoms. The third-order valence-electron chi connectivity index (χ3n) is 5.46. The van der Waals surface area contributed by atoms with Crippen molar-refractivity contribution >= 4 is 52.1 Å². The monoisotopic (exact) mass is 552 g/mol. The Morgan fingerprint density at radius 2 is 1.54 bits per heavy atom. The Morgan fingerprint density at radius 3 is 2.23 bits per heavy atom. The smallest absolute Gasteiger partial charge is 0.319 e. The van der Waals surface area contributed by atoms with Gasteiger partial charge in [-0.3, -0.25) is 4.79 Å². The second-order valence-corrected chi connectivity index (χ2v) is 9.69. The Hall–Kier alpha value is -4.42. The lowest BCUT2D eigenvalue weighted by Crippen LogP contribution is -2.33. The number of aliphatic carboxylic acids is 1. The number of carboxylic acid groups (broad SMARTS) is 1. The van der Waals surface area contributed by atoms with Gasteiger partial charge in [-0.2, -0.15) is 0 Å². The van der Waals surface area contributed by atoms with Crippen LogP contribution >= 0.6 is 0 Å². The van der Waals surface area contributed by atoms with Crippen LogP contribution in [0.4, 0.5) is 32.3 Å². The fourth-order valence-electron chi connectivity index (χ4n) is 3.56. The standard InChI is InChI=1S/C27H32N6O5S/c1-3-14-29-26(36)31-21-7-5-9-23(16-21)39(38)33-22-8-4-6-18(15-22)24(17-25(34)35)32-27(37)30-20-12-10-19(28-2)11-13-20/h4-13,15-16,24,28,33H,3,14,17H2,1-2H3,(H,34,35)(H2,29,31,36)(H2,30,32,37)/t24-,39?/m1/s1. The molecule has 0 radical (unpaired) electrons. The highest BCUT2D eigenvalue weighted by atomic mass is 32.2. The molecule has 0 spiro atoms. The van der Waals surface area contributed by atoms with Crippen molar-refractivity contribution in [1.29, 1.82) is 0 Å². The van der Waals surface area contributed by atoms with Gasteiger partial charge in [0.25, 0.3) is 0 Å². The Labute approximate surface area is 230 Å². The summed E-state index contributed by atoms with van der Waals surface area (Å²) in [6, 6.07) is 18.6. The largest absolute Gasteiger partial charge is 0.588 e. The maximum absolute atomic E-state index is 13.0. The zero-order chi connectivity index (χ0) is 28.2. The van der Waals surface area contributed by atoms with Crippen LogP contribution in [0.2, 0.25) is 0 Å². The fourth-order valence-corrected chi connectivity index (χ4v) is 4.46. The van der Waals surface area contributed by atoms with Crippen LogP contribution in [0.25, 0.3) is 0 Å². The van der Waals surface area contributed by atoms with Gasteiger partial charge in [0.1, 0.15) is 11.4 Å². The first kappa shape index (κ1) is 29.1. The highest BCUT2D eigenvalue weighted by Gasteiger charge is 2.20. The van der Waals surface area contributed by atoms with Crippen LogP contribution in [0.3, 0.4) is 0 Å². The van der Waals surface area contributed by atoms with E-state index in [1.54, 1.807) is 79.8 Å². The second kappa shape index (κ2) is 14.5. The summed E-state index contributed by atoms with van der Waals surface area (Å²) in [4.78, 5) is 36.5. The van der Waals surface area contributed by atoms with E-state index in [1.807, 2.05) is 6.92 Å². The molecular formula is C27H32N6O5S. The maximum atomic E-state index is 13.0. The van der Waals surface area contributed by atoms with E-state index in [9.17, 15) is 24.0 Å². The summed E-state index contributed by atoms with van der Waals surface area (Å²) in [5.74, 6) is -1.09. The average Bonchev–Trinajstić information content (AvgIpc) is 2.92. The number of carbonyl (C=O) groups is 3. The van der Waals surface area contributed by atoms with Crippen molar-refractivity contribution in [2.24, 2.45) is 0 Å². The third kappa shape index (κ3) is 9.43. The summed E-state index contributed by atoms with van der Waals surface area (Å²) in [6.07, 6.45) is 0.450. The van der Waals surface area contributed by atoms with E-state index in [1.165, 1.54) is 0 Å². The van der Waals surface area contributed by atoms with Gasteiger partial charge in [0.15, 0.2) is 4.90 Å². The first-order valence-corrected chi connectivity index (χ1v) is 13.4. The zero-order valence-corrected chi connectivity index (χ0v) is 22.4. The van der Waals surface area contributed by atoms with Crippen molar-refractivity contribution in [1.82, 2.24) is 10.6 Å². The van der Waals surface area contributed by atoms with Gasteiger partial charge in [0, 0.05) is 36.7 Å². The number of amides is 4. The van der Waals surface area contributed by atoms with Crippen molar-refractivity contribution in [3.8, 4) is 0 Å². The summed E-state index contributed by atoms with van der Waals surface area (Å²) in [5.41, 5.74) is 2.90. The number of hydrogen-bond donors (Lipinski definition) is 7. The Bertz CT molecular complexity index is 1270. The second-order valence-electron chi connectivity index (χ2n) is 8.48. The molecule has 7 N–H and O–H groups in total. The van der Waals surface area contributed by atoms with Crippen LogP contribution in [-0.4, -0.2) is 41.3 Å². The lowest BCUT2D eigenvalue weighted by atomic mass is 10.0. The van der Waals surface area contributed by atoms with Crippen molar-refractivity contribution in [2.75, 3.05) is 34.3 Å². The van der Waals surface area contributed by atoms with E-state index < -0.39 is 29.4 Å². The van der Waals surface area contributed by atoms with Gasteiger partial charge in [0.2, 0.25) is 0 Å². The summed E-state index contributed by atoms with van der Waals surface area (Å²) >= 11 is -1.68. The van der Waals surface area contributed by atoms with E-state index in [0.717, 1.165) is 12.1 Å². The van der Waals surface area contributed by atoms with Gasteiger partial charge in [0.05, 0.1) is 18.2 Å². The Morgan fingerprint density at radius 1 is 0.872 bits per heavy atom. The minimum Gasteiger partial charge on any atom is -0.588 e. The van der Waals surface area contributed by atoms with Gasteiger partial charge in [-0.15, -0.1) is 0 Å². The van der Waals surface area contributed by atoms with E-state index in [0.29, 0.717) is 34.1 Å². The quantitative estimate of drug-likeness (QED) is 0.159. The van der Waals surface area contributed by atoms with Crippen LogP contribution in [0, 0.1) is 0 Å². The third-order valence-corrected chi connectivity index (χ3v) is 6.56. The van der Waals surface area contributed by atoms with Gasteiger partial charge < -0.3 is 36.2 Å². The molecule has 0 aliphatic heterocycles.